The van der Waals surface area contributed by atoms with Crippen LogP contribution in [0.4, 0.5) is 8.78 Å². The van der Waals surface area contributed by atoms with Crippen molar-refractivity contribution in [3.05, 3.63) is 35.4 Å². The molecule has 0 aliphatic carbocycles. The molecular weight excluding hydrogens is 248 g/mol. The van der Waals surface area contributed by atoms with E-state index in [4.69, 9.17) is 5.73 Å². The highest BCUT2D eigenvalue weighted by Crippen LogP contribution is 2.16. The van der Waals surface area contributed by atoms with E-state index >= 15 is 0 Å². The topological polar surface area (TPSA) is 32.5 Å². The second-order valence-electron chi connectivity index (χ2n) is 5.41. The van der Waals surface area contributed by atoms with Gasteiger partial charge in [-0.05, 0) is 44.3 Å². The average Bonchev–Trinajstić information content (AvgIpc) is 2.36. The van der Waals surface area contributed by atoms with Gasteiger partial charge in [0.25, 0.3) is 0 Å². The Labute approximate surface area is 113 Å². The van der Waals surface area contributed by atoms with Crippen LogP contribution in [0, 0.1) is 11.6 Å². The molecule has 1 heterocycles. The number of halogens is 2. The van der Waals surface area contributed by atoms with E-state index in [1.807, 2.05) is 7.05 Å². The van der Waals surface area contributed by atoms with Crippen LogP contribution < -0.4 is 5.73 Å². The zero-order valence-electron chi connectivity index (χ0n) is 11.4. The van der Waals surface area contributed by atoms with Crippen molar-refractivity contribution in [3.8, 4) is 0 Å². The zero-order chi connectivity index (χ0) is 14.0. The van der Waals surface area contributed by atoms with Crippen molar-refractivity contribution in [2.45, 2.75) is 18.5 Å². The molecule has 2 atom stereocenters. The Morgan fingerprint density at radius 2 is 2.05 bits per heavy atom. The Kier molecular flexibility index (Phi) is 4.50. The third-order valence-corrected chi connectivity index (χ3v) is 3.86. The van der Waals surface area contributed by atoms with Crippen LogP contribution in [-0.4, -0.2) is 55.6 Å². The number of nitrogens with zero attached hydrogens (tertiary/aromatic N) is 2. The molecule has 19 heavy (non-hydrogen) atoms. The molecule has 106 valence electrons. The number of nitrogens with two attached hydrogens (primary N) is 1. The maximum Gasteiger partial charge on any atom is 0.126 e. The van der Waals surface area contributed by atoms with Gasteiger partial charge in [-0.15, -0.1) is 0 Å². The molecule has 0 amide bonds. The summed E-state index contributed by atoms with van der Waals surface area (Å²) in [6.07, 6.45) is 0.354. The summed E-state index contributed by atoms with van der Waals surface area (Å²) >= 11 is 0. The Hall–Kier alpha value is -1.04. The smallest absolute Gasteiger partial charge is 0.126 e. The first-order valence-electron chi connectivity index (χ1n) is 6.55. The molecule has 1 saturated heterocycles. The Balaban J connectivity index is 2.07. The Morgan fingerprint density at radius 3 is 2.79 bits per heavy atom. The van der Waals surface area contributed by atoms with Crippen LogP contribution in [0.15, 0.2) is 18.2 Å². The van der Waals surface area contributed by atoms with Crippen LogP contribution in [0.2, 0.25) is 0 Å². The fourth-order valence-corrected chi connectivity index (χ4v) is 2.60. The molecule has 1 aliphatic rings. The van der Waals surface area contributed by atoms with Crippen LogP contribution in [0.25, 0.3) is 0 Å². The lowest BCUT2D eigenvalue weighted by atomic mass is 9.97. The first-order valence-corrected chi connectivity index (χ1v) is 6.55. The summed E-state index contributed by atoms with van der Waals surface area (Å²) in [7, 11) is 4.08. The number of rotatable bonds is 3. The fraction of sp³-hybridized carbons (Fsp3) is 0.571. The van der Waals surface area contributed by atoms with Crippen molar-refractivity contribution < 1.29 is 8.78 Å². The lowest BCUT2D eigenvalue weighted by molar-refractivity contribution is 0.0971. The molecule has 1 aliphatic heterocycles. The SMILES string of the molecule is CN1CCN(C)C(C(N)Cc2cc(F)ccc2F)C1. The molecule has 1 aromatic rings. The van der Waals surface area contributed by atoms with Gasteiger partial charge >= 0.3 is 0 Å². The van der Waals surface area contributed by atoms with E-state index in [2.05, 4.69) is 16.8 Å². The van der Waals surface area contributed by atoms with Gasteiger partial charge in [-0.2, -0.15) is 0 Å². The van der Waals surface area contributed by atoms with Crippen LogP contribution in [0.1, 0.15) is 5.56 Å². The van der Waals surface area contributed by atoms with Crippen LogP contribution in [0.3, 0.4) is 0 Å². The molecule has 0 aromatic heterocycles. The van der Waals surface area contributed by atoms with Crippen molar-refractivity contribution in [1.29, 1.82) is 0 Å². The Bertz CT molecular complexity index is 439. The van der Waals surface area contributed by atoms with E-state index in [-0.39, 0.29) is 17.9 Å². The molecule has 1 fully saturated rings. The molecule has 0 radical (unpaired) electrons. The van der Waals surface area contributed by atoms with E-state index in [9.17, 15) is 8.78 Å². The van der Waals surface area contributed by atoms with Crippen molar-refractivity contribution in [1.82, 2.24) is 9.80 Å². The maximum atomic E-state index is 13.6. The minimum atomic E-state index is -0.419. The summed E-state index contributed by atoms with van der Waals surface area (Å²) < 4.78 is 26.8. The lowest BCUT2D eigenvalue weighted by Crippen LogP contribution is -2.58. The van der Waals surface area contributed by atoms with Crippen LogP contribution >= 0.6 is 0 Å². The lowest BCUT2D eigenvalue weighted by Gasteiger charge is -2.40. The van der Waals surface area contributed by atoms with Gasteiger partial charge in [0.2, 0.25) is 0 Å². The second kappa shape index (κ2) is 5.94. The van der Waals surface area contributed by atoms with E-state index in [1.54, 1.807) is 0 Å². The highest BCUT2D eigenvalue weighted by Gasteiger charge is 2.28. The fourth-order valence-electron chi connectivity index (χ4n) is 2.60. The molecule has 0 bridgehead atoms. The summed E-state index contributed by atoms with van der Waals surface area (Å²) in [5, 5.41) is 0. The second-order valence-corrected chi connectivity index (χ2v) is 5.41. The molecule has 5 heteroatoms. The number of benzene rings is 1. The first kappa shape index (κ1) is 14.4. The largest absolute Gasteiger partial charge is 0.326 e. The van der Waals surface area contributed by atoms with Crippen molar-refractivity contribution >= 4 is 0 Å². The summed E-state index contributed by atoms with van der Waals surface area (Å²) in [5.74, 6) is -0.804. The van der Waals surface area contributed by atoms with E-state index in [1.165, 1.54) is 6.07 Å². The molecule has 0 spiro atoms. The van der Waals surface area contributed by atoms with E-state index in [0.717, 1.165) is 31.8 Å². The van der Waals surface area contributed by atoms with Crippen LogP contribution in [-0.2, 0) is 6.42 Å². The molecule has 1 aromatic carbocycles. The first-order chi connectivity index (χ1) is 8.97. The van der Waals surface area contributed by atoms with Gasteiger partial charge in [-0.1, -0.05) is 0 Å². The quantitative estimate of drug-likeness (QED) is 0.891. The highest BCUT2D eigenvalue weighted by molar-refractivity contribution is 5.20. The monoisotopic (exact) mass is 269 g/mol. The third kappa shape index (κ3) is 3.49. The third-order valence-electron chi connectivity index (χ3n) is 3.86. The van der Waals surface area contributed by atoms with Gasteiger partial charge < -0.3 is 10.6 Å². The number of piperazine rings is 1. The van der Waals surface area contributed by atoms with Gasteiger partial charge in [-0.3, -0.25) is 4.90 Å². The molecule has 2 unspecified atom stereocenters. The predicted molar refractivity (Wildman–Crippen MR) is 72.0 cm³/mol. The van der Waals surface area contributed by atoms with Crippen molar-refractivity contribution in [2.75, 3.05) is 33.7 Å². The molecule has 2 rings (SSSR count). The van der Waals surface area contributed by atoms with Gasteiger partial charge in [-0.25, -0.2) is 8.78 Å². The normalized spacial score (nSPS) is 23.5. The molecule has 0 saturated carbocycles. The molecular formula is C14H21F2N3. The predicted octanol–water partition coefficient (Wildman–Crippen LogP) is 1.08. The van der Waals surface area contributed by atoms with E-state index in [0.29, 0.717) is 12.0 Å². The number of hydrogen-bond acceptors (Lipinski definition) is 3. The number of hydrogen-bond donors (Lipinski definition) is 1. The van der Waals surface area contributed by atoms with Gasteiger partial charge in [0.05, 0.1) is 0 Å². The van der Waals surface area contributed by atoms with Gasteiger partial charge in [0, 0.05) is 31.7 Å². The summed E-state index contributed by atoms with van der Waals surface area (Å²) in [5.41, 5.74) is 6.55. The summed E-state index contributed by atoms with van der Waals surface area (Å²) in [4.78, 5) is 4.41. The summed E-state index contributed by atoms with van der Waals surface area (Å²) in [6.45, 7) is 2.81. The van der Waals surface area contributed by atoms with Crippen molar-refractivity contribution in [3.63, 3.8) is 0 Å². The van der Waals surface area contributed by atoms with Crippen LogP contribution in [0.5, 0.6) is 0 Å². The van der Waals surface area contributed by atoms with Crippen molar-refractivity contribution in [2.24, 2.45) is 5.73 Å². The highest BCUT2D eigenvalue weighted by atomic mass is 19.1. The van der Waals surface area contributed by atoms with Gasteiger partial charge in [0.1, 0.15) is 11.6 Å². The minimum Gasteiger partial charge on any atom is -0.326 e. The standard InChI is InChI=1S/C14H21F2N3/c1-18-5-6-19(2)14(9-18)13(17)8-10-7-11(15)3-4-12(10)16/h3-4,7,13-14H,5-6,8-9,17H2,1-2H3. The van der Waals surface area contributed by atoms with E-state index < -0.39 is 5.82 Å². The molecule has 2 N–H and O–H groups in total. The minimum absolute atomic E-state index is 0.168. The summed E-state index contributed by atoms with van der Waals surface area (Å²) in [6, 6.07) is 3.49. The van der Waals surface area contributed by atoms with Gasteiger partial charge in [0.15, 0.2) is 0 Å². The Morgan fingerprint density at radius 1 is 1.32 bits per heavy atom. The number of likely N-dealkylation sites (N-methyl/N-ethyl adjacent to an activating group) is 2. The average molecular weight is 269 g/mol. The zero-order valence-corrected chi connectivity index (χ0v) is 11.4. The maximum absolute atomic E-state index is 13.6. The molecule has 3 nitrogen and oxygen atoms in total.